The largest absolute Gasteiger partial charge is 0.375 e. The van der Waals surface area contributed by atoms with Gasteiger partial charge in [-0.3, -0.25) is 4.79 Å². The third kappa shape index (κ3) is 3.77. The molecule has 0 saturated carbocycles. The van der Waals surface area contributed by atoms with Gasteiger partial charge in [0, 0.05) is 24.3 Å². The smallest absolute Gasteiger partial charge is 0.226 e. The summed E-state index contributed by atoms with van der Waals surface area (Å²) in [6, 6.07) is 0. The van der Waals surface area contributed by atoms with E-state index in [-0.39, 0.29) is 5.91 Å². The number of nitrogen functional groups attached to an aromatic ring is 1. The van der Waals surface area contributed by atoms with Crippen molar-refractivity contribution < 1.29 is 9.32 Å². The first-order valence-electron chi connectivity index (χ1n) is 6.38. The third-order valence-corrected chi connectivity index (χ3v) is 3.70. The first kappa shape index (κ1) is 14.4. The molecule has 20 heavy (non-hydrogen) atoms. The lowest BCUT2D eigenvalue weighted by Gasteiger charge is -2.02. The molecule has 0 aliphatic heterocycles. The van der Waals surface area contributed by atoms with Gasteiger partial charge in [0.1, 0.15) is 0 Å². The summed E-state index contributed by atoms with van der Waals surface area (Å²) in [5.74, 6) is 1.17. The Kier molecular flexibility index (Phi) is 4.67. The van der Waals surface area contributed by atoms with Crippen molar-refractivity contribution in [2.24, 2.45) is 0 Å². The molecule has 2 aromatic rings. The lowest BCUT2D eigenvalue weighted by atomic mass is 10.3. The molecule has 2 aromatic heterocycles. The average Bonchev–Trinajstić information content (AvgIpc) is 2.97. The Hall–Kier alpha value is -1.96. The Morgan fingerprint density at radius 2 is 2.25 bits per heavy atom. The minimum absolute atomic E-state index is 0.0593. The van der Waals surface area contributed by atoms with Crippen LogP contribution in [-0.4, -0.2) is 27.6 Å². The first-order valence-corrected chi connectivity index (χ1v) is 7.20. The number of aryl methyl sites for hydroxylation is 2. The second-order valence-electron chi connectivity index (χ2n) is 4.30. The van der Waals surface area contributed by atoms with Crippen molar-refractivity contribution in [1.29, 1.82) is 0 Å². The molecule has 0 aromatic carbocycles. The fraction of sp³-hybridized carbons (Fsp3) is 0.500. The highest BCUT2D eigenvalue weighted by atomic mass is 32.1. The summed E-state index contributed by atoms with van der Waals surface area (Å²) >= 11 is 1.34. The molecule has 0 fully saturated rings. The van der Waals surface area contributed by atoms with Crippen molar-refractivity contribution in [1.82, 2.24) is 20.4 Å². The molecule has 0 aliphatic rings. The number of rotatable bonds is 6. The minimum Gasteiger partial charge on any atom is -0.375 e. The molecule has 7 nitrogen and oxygen atoms in total. The van der Waals surface area contributed by atoms with E-state index in [4.69, 9.17) is 10.3 Å². The molecule has 0 atom stereocenters. The molecule has 3 N–H and O–H groups in total. The molecule has 0 aliphatic carbocycles. The van der Waals surface area contributed by atoms with Gasteiger partial charge in [-0.15, -0.1) is 11.3 Å². The molecule has 2 heterocycles. The number of nitrogens with zero attached hydrogens (tertiary/aromatic N) is 3. The van der Waals surface area contributed by atoms with Gasteiger partial charge in [-0.05, 0) is 6.92 Å². The average molecular weight is 295 g/mol. The molecule has 2 rings (SSSR count). The Bertz CT molecular complexity index is 592. The van der Waals surface area contributed by atoms with Gasteiger partial charge < -0.3 is 15.6 Å². The molecular weight excluding hydrogens is 278 g/mol. The van der Waals surface area contributed by atoms with Gasteiger partial charge in [-0.1, -0.05) is 12.1 Å². The number of anilines is 1. The van der Waals surface area contributed by atoms with E-state index in [9.17, 15) is 4.79 Å². The van der Waals surface area contributed by atoms with E-state index in [0.717, 1.165) is 10.6 Å². The molecule has 108 valence electrons. The molecule has 1 amide bonds. The Balaban J connectivity index is 1.76. The standard InChI is InChI=1S/C12H17N5O2S/c1-3-11-16-9(17-19-11)4-5-14-10(18)6-8-7(2)15-12(13)20-8/h3-6H2,1-2H3,(H2,13,15)(H,14,18). The summed E-state index contributed by atoms with van der Waals surface area (Å²) in [6.45, 7) is 4.28. The van der Waals surface area contributed by atoms with Crippen molar-refractivity contribution in [3.63, 3.8) is 0 Å². The summed E-state index contributed by atoms with van der Waals surface area (Å²) in [5.41, 5.74) is 6.41. The zero-order valence-corrected chi connectivity index (χ0v) is 12.3. The number of carbonyl (C=O) groups excluding carboxylic acids is 1. The van der Waals surface area contributed by atoms with E-state index in [1.165, 1.54) is 11.3 Å². The van der Waals surface area contributed by atoms with Crippen LogP contribution in [0.4, 0.5) is 5.13 Å². The topological polar surface area (TPSA) is 107 Å². The van der Waals surface area contributed by atoms with Crippen LogP contribution in [0.15, 0.2) is 4.52 Å². The van der Waals surface area contributed by atoms with E-state index in [0.29, 0.717) is 42.7 Å². The van der Waals surface area contributed by atoms with Crippen molar-refractivity contribution in [3.8, 4) is 0 Å². The van der Waals surface area contributed by atoms with Crippen LogP contribution in [0.2, 0.25) is 0 Å². The van der Waals surface area contributed by atoms with E-state index in [2.05, 4.69) is 20.4 Å². The van der Waals surface area contributed by atoms with Gasteiger partial charge in [0.05, 0.1) is 12.1 Å². The van der Waals surface area contributed by atoms with Crippen LogP contribution in [0, 0.1) is 6.92 Å². The predicted octanol–water partition coefficient (Wildman–Crippen LogP) is 0.881. The molecule has 0 saturated heterocycles. The Morgan fingerprint density at radius 1 is 1.45 bits per heavy atom. The Labute approximate surface area is 120 Å². The monoisotopic (exact) mass is 295 g/mol. The predicted molar refractivity (Wildman–Crippen MR) is 75.4 cm³/mol. The second kappa shape index (κ2) is 6.47. The highest BCUT2D eigenvalue weighted by Gasteiger charge is 2.11. The summed E-state index contributed by atoms with van der Waals surface area (Å²) in [6.07, 6.45) is 1.57. The van der Waals surface area contributed by atoms with Gasteiger partial charge in [0.25, 0.3) is 0 Å². The summed E-state index contributed by atoms with van der Waals surface area (Å²) in [4.78, 5) is 20.9. The van der Waals surface area contributed by atoms with E-state index in [1.807, 2.05) is 13.8 Å². The van der Waals surface area contributed by atoms with E-state index >= 15 is 0 Å². The van der Waals surface area contributed by atoms with Crippen LogP contribution < -0.4 is 11.1 Å². The summed E-state index contributed by atoms with van der Waals surface area (Å²) in [5, 5.41) is 7.13. The number of hydrogen-bond acceptors (Lipinski definition) is 7. The maximum absolute atomic E-state index is 11.8. The summed E-state index contributed by atoms with van der Waals surface area (Å²) < 4.78 is 4.99. The maximum Gasteiger partial charge on any atom is 0.226 e. The van der Waals surface area contributed by atoms with Crippen LogP contribution in [0.3, 0.4) is 0 Å². The molecule has 0 unspecified atom stereocenters. The number of hydrogen-bond donors (Lipinski definition) is 2. The molecule has 0 bridgehead atoms. The normalized spacial score (nSPS) is 10.7. The number of thiazole rings is 1. The zero-order valence-electron chi connectivity index (χ0n) is 11.5. The maximum atomic E-state index is 11.8. The number of amides is 1. The second-order valence-corrected chi connectivity index (χ2v) is 5.41. The highest BCUT2D eigenvalue weighted by Crippen LogP contribution is 2.19. The van der Waals surface area contributed by atoms with Gasteiger partial charge in [-0.2, -0.15) is 4.98 Å². The quantitative estimate of drug-likeness (QED) is 0.819. The van der Waals surface area contributed by atoms with Crippen molar-refractivity contribution in [2.75, 3.05) is 12.3 Å². The van der Waals surface area contributed by atoms with Crippen molar-refractivity contribution >= 4 is 22.4 Å². The third-order valence-electron chi connectivity index (χ3n) is 2.71. The number of nitrogens with two attached hydrogens (primary N) is 1. The van der Waals surface area contributed by atoms with Crippen LogP contribution in [0.1, 0.15) is 29.2 Å². The zero-order chi connectivity index (χ0) is 14.5. The number of nitrogens with one attached hydrogen (secondary N) is 1. The molecular formula is C12H17N5O2S. The van der Waals surface area contributed by atoms with Gasteiger partial charge >= 0.3 is 0 Å². The van der Waals surface area contributed by atoms with Crippen molar-refractivity contribution in [2.45, 2.75) is 33.1 Å². The SMILES string of the molecule is CCc1nc(CCNC(=O)Cc2sc(N)nc2C)no1. The minimum atomic E-state index is -0.0593. The fourth-order valence-corrected chi connectivity index (χ4v) is 2.50. The molecule has 8 heteroatoms. The van der Waals surface area contributed by atoms with Crippen molar-refractivity contribution in [3.05, 3.63) is 22.3 Å². The Morgan fingerprint density at radius 3 is 2.85 bits per heavy atom. The van der Waals surface area contributed by atoms with Gasteiger partial charge in [-0.25, -0.2) is 4.98 Å². The van der Waals surface area contributed by atoms with Gasteiger partial charge in [0.2, 0.25) is 11.8 Å². The van der Waals surface area contributed by atoms with Crippen LogP contribution in [0.5, 0.6) is 0 Å². The van der Waals surface area contributed by atoms with Crippen LogP contribution >= 0.6 is 11.3 Å². The molecule has 0 spiro atoms. The number of aromatic nitrogens is 3. The molecule has 0 radical (unpaired) electrons. The lowest BCUT2D eigenvalue weighted by molar-refractivity contribution is -0.120. The van der Waals surface area contributed by atoms with Gasteiger partial charge in [0.15, 0.2) is 11.0 Å². The highest BCUT2D eigenvalue weighted by molar-refractivity contribution is 7.15. The summed E-state index contributed by atoms with van der Waals surface area (Å²) in [7, 11) is 0. The fourth-order valence-electron chi connectivity index (χ4n) is 1.67. The van der Waals surface area contributed by atoms with Crippen LogP contribution in [0.25, 0.3) is 0 Å². The number of carbonyl (C=O) groups is 1. The van der Waals surface area contributed by atoms with E-state index in [1.54, 1.807) is 0 Å². The van der Waals surface area contributed by atoms with E-state index < -0.39 is 0 Å². The lowest BCUT2D eigenvalue weighted by Crippen LogP contribution is -2.27. The van der Waals surface area contributed by atoms with Crippen LogP contribution in [-0.2, 0) is 24.1 Å². The first-order chi connectivity index (χ1) is 9.58.